The van der Waals surface area contributed by atoms with Crippen molar-refractivity contribution in [3.05, 3.63) is 107 Å². The van der Waals surface area contributed by atoms with Crippen LogP contribution in [0, 0.1) is 0 Å². The zero-order valence-electron chi connectivity index (χ0n) is 22.7. The molecule has 2 amide bonds. The quantitative estimate of drug-likeness (QED) is 0.109. The number of ether oxygens (including phenoxy) is 2. The Labute approximate surface area is 248 Å². The van der Waals surface area contributed by atoms with Crippen molar-refractivity contribution < 1.29 is 24.2 Å². The number of carbonyl (C=O) groups excluding carboxylic acids is 2. The standard InChI is InChI=1S/C33H30ClN3O5/c34-25-10-11-28(29(38)20-25)37-33(40)27-17-22-7-2-4-9-24(22)19-31(27)41-14-5-13-36-32(39)26-16-21-6-1-3-8-23(21)18-30(26)42-15-12-35/h1-4,6-11,16-20,38H,5,12-15,35H2,(H,36,39)(H,37,40). The number of hydrogen-bond acceptors (Lipinski definition) is 6. The topological polar surface area (TPSA) is 123 Å². The number of rotatable bonds is 11. The van der Waals surface area contributed by atoms with Crippen LogP contribution in [-0.4, -0.2) is 43.2 Å². The molecule has 0 atom stereocenters. The van der Waals surface area contributed by atoms with Crippen molar-refractivity contribution in [1.82, 2.24) is 5.32 Å². The summed E-state index contributed by atoms with van der Waals surface area (Å²) in [5.74, 6) is 0.0200. The van der Waals surface area contributed by atoms with Gasteiger partial charge in [0.2, 0.25) is 0 Å². The van der Waals surface area contributed by atoms with Crippen molar-refractivity contribution in [2.24, 2.45) is 5.73 Å². The summed E-state index contributed by atoms with van der Waals surface area (Å²) in [7, 11) is 0. The second-order valence-corrected chi connectivity index (χ2v) is 10.0. The molecule has 214 valence electrons. The minimum atomic E-state index is -0.442. The Hall–Kier alpha value is -4.79. The molecular formula is C33H30ClN3O5. The maximum absolute atomic E-state index is 13.2. The summed E-state index contributed by atoms with van der Waals surface area (Å²) < 4.78 is 11.8. The molecule has 0 bridgehead atoms. The molecule has 0 fully saturated rings. The summed E-state index contributed by atoms with van der Waals surface area (Å²) >= 11 is 5.92. The normalized spacial score (nSPS) is 10.9. The van der Waals surface area contributed by atoms with Crippen LogP contribution in [0.2, 0.25) is 5.02 Å². The first-order chi connectivity index (χ1) is 20.4. The maximum Gasteiger partial charge on any atom is 0.259 e. The van der Waals surface area contributed by atoms with Gasteiger partial charge in [0.1, 0.15) is 23.9 Å². The van der Waals surface area contributed by atoms with E-state index in [2.05, 4.69) is 10.6 Å². The number of aromatic hydroxyl groups is 1. The Kier molecular flexibility index (Phi) is 9.06. The van der Waals surface area contributed by atoms with E-state index in [9.17, 15) is 14.7 Å². The fourth-order valence-electron chi connectivity index (χ4n) is 4.55. The number of anilines is 1. The van der Waals surface area contributed by atoms with Gasteiger partial charge in [-0.1, -0.05) is 60.1 Å². The van der Waals surface area contributed by atoms with E-state index < -0.39 is 5.91 Å². The first-order valence-electron chi connectivity index (χ1n) is 13.5. The second kappa shape index (κ2) is 13.2. The molecule has 9 heteroatoms. The first kappa shape index (κ1) is 28.7. The zero-order chi connectivity index (χ0) is 29.5. The predicted molar refractivity (Wildman–Crippen MR) is 166 cm³/mol. The molecule has 0 aliphatic carbocycles. The maximum atomic E-state index is 13.2. The number of benzene rings is 5. The van der Waals surface area contributed by atoms with Crippen LogP contribution in [0.1, 0.15) is 27.1 Å². The van der Waals surface area contributed by atoms with Gasteiger partial charge in [-0.05, 0) is 64.4 Å². The van der Waals surface area contributed by atoms with Gasteiger partial charge in [0.25, 0.3) is 11.8 Å². The van der Waals surface area contributed by atoms with Crippen molar-refractivity contribution in [2.75, 3.05) is 31.6 Å². The molecule has 5 rings (SSSR count). The summed E-state index contributed by atoms with van der Waals surface area (Å²) in [4.78, 5) is 26.3. The molecule has 0 saturated carbocycles. The van der Waals surface area contributed by atoms with Gasteiger partial charge >= 0.3 is 0 Å². The number of carbonyl (C=O) groups is 2. The van der Waals surface area contributed by atoms with E-state index in [0.717, 1.165) is 21.5 Å². The minimum Gasteiger partial charge on any atom is -0.506 e. The molecule has 0 saturated heterocycles. The molecule has 0 radical (unpaired) electrons. The van der Waals surface area contributed by atoms with Crippen LogP contribution in [-0.2, 0) is 0 Å². The number of nitrogens with one attached hydrogen (secondary N) is 2. The van der Waals surface area contributed by atoms with E-state index in [1.54, 1.807) is 18.2 Å². The summed E-state index contributed by atoms with van der Waals surface area (Å²) in [6.07, 6.45) is 0.490. The zero-order valence-corrected chi connectivity index (χ0v) is 23.5. The summed E-state index contributed by atoms with van der Waals surface area (Å²) in [5, 5.41) is 19.9. The number of halogens is 1. The third-order valence-electron chi connectivity index (χ3n) is 6.63. The Morgan fingerprint density at radius 2 is 1.29 bits per heavy atom. The number of hydrogen-bond donors (Lipinski definition) is 4. The third kappa shape index (κ3) is 6.74. The molecule has 0 spiro atoms. The van der Waals surface area contributed by atoms with Crippen LogP contribution in [0.3, 0.4) is 0 Å². The number of nitrogens with two attached hydrogens (primary N) is 1. The monoisotopic (exact) mass is 583 g/mol. The Balaban J connectivity index is 1.26. The smallest absolute Gasteiger partial charge is 0.259 e. The van der Waals surface area contributed by atoms with Crippen LogP contribution in [0.15, 0.2) is 91.0 Å². The lowest BCUT2D eigenvalue weighted by molar-refractivity contribution is 0.0947. The van der Waals surface area contributed by atoms with E-state index in [0.29, 0.717) is 53.8 Å². The van der Waals surface area contributed by atoms with Crippen molar-refractivity contribution in [3.8, 4) is 17.2 Å². The van der Waals surface area contributed by atoms with E-state index in [1.165, 1.54) is 12.1 Å². The highest BCUT2D eigenvalue weighted by atomic mass is 35.5. The van der Waals surface area contributed by atoms with Gasteiger partial charge in [-0.3, -0.25) is 9.59 Å². The van der Waals surface area contributed by atoms with Gasteiger partial charge in [-0.25, -0.2) is 0 Å². The van der Waals surface area contributed by atoms with Gasteiger partial charge in [0.15, 0.2) is 0 Å². The molecule has 42 heavy (non-hydrogen) atoms. The van der Waals surface area contributed by atoms with E-state index in [-0.39, 0.29) is 24.0 Å². The van der Waals surface area contributed by atoms with Gasteiger partial charge in [-0.2, -0.15) is 0 Å². The molecule has 0 aromatic heterocycles. The van der Waals surface area contributed by atoms with Gasteiger partial charge < -0.3 is 30.9 Å². The average Bonchev–Trinajstić information content (AvgIpc) is 3.00. The Bertz CT molecular complexity index is 1760. The first-order valence-corrected chi connectivity index (χ1v) is 13.9. The molecule has 0 unspecified atom stereocenters. The van der Waals surface area contributed by atoms with E-state index in [4.69, 9.17) is 26.8 Å². The van der Waals surface area contributed by atoms with Gasteiger partial charge in [-0.15, -0.1) is 0 Å². The van der Waals surface area contributed by atoms with Crippen LogP contribution in [0.4, 0.5) is 5.69 Å². The highest BCUT2D eigenvalue weighted by Crippen LogP contribution is 2.31. The molecule has 5 aromatic rings. The van der Waals surface area contributed by atoms with Crippen LogP contribution >= 0.6 is 11.6 Å². The van der Waals surface area contributed by atoms with Crippen LogP contribution < -0.4 is 25.8 Å². The fraction of sp³-hybridized carbons (Fsp3) is 0.152. The molecule has 5 N–H and O–H groups in total. The predicted octanol–water partition coefficient (Wildman–Crippen LogP) is 6.14. The molecule has 0 aliphatic rings. The third-order valence-corrected chi connectivity index (χ3v) is 6.87. The summed E-state index contributed by atoms with van der Waals surface area (Å²) in [6.45, 7) is 1.22. The molecule has 8 nitrogen and oxygen atoms in total. The Morgan fingerprint density at radius 1 is 0.738 bits per heavy atom. The number of phenols is 1. The fourth-order valence-corrected chi connectivity index (χ4v) is 4.72. The lowest BCUT2D eigenvalue weighted by atomic mass is 10.0. The van der Waals surface area contributed by atoms with E-state index >= 15 is 0 Å². The number of fused-ring (bicyclic) bond motifs is 2. The van der Waals surface area contributed by atoms with Crippen LogP contribution in [0.5, 0.6) is 17.2 Å². The Morgan fingerprint density at radius 3 is 1.86 bits per heavy atom. The SMILES string of the molecule is NCCOc1cc2ccccc2cc1C(=O)NCCCOc1cc2ccccc2cc1C(=O)Nc1ccc(Cl)cc1O. The van der Waals surface area contributed by atoms with Crippen molar-refractivity contribution in [1.29, 1.82) is 0 Å². The number of amides is 2. The highest BCUT2D eigenvalue weighted by Gasteiger charge is 2.17. The van der Waals surface area contributed by atoms with E-state index in [1.807, 2.05) is 60.7 Å². The lowest BCUT2D eigenvalue weighted by Gasteiger charge is -2.15. The van der Waals surface area contributed by atoms with Crippen LogP contribution in [0.25, 0.3) is 21.5 Å². The minimum absolute atomic E-state index is 0.141. The average molecular weight is 584 g/mol. The highest BCUT2D eigenvalue weighted by molar-refractivity contribution is 6.30. The largest absolute Gasteiger partial charge is 0.506 e. The number of phenolic OH excluding ortho intramolecular Hbond substituents is 1. The second-order valence-electron chi connectivity index (χ2n) is 9.60. The summed E-state index contributed by atoms with van der Waals surface area (Å²) in [6, 6.07) is 27.1. The lowest BCUT2D eigenvalue weighted by Crippen LogP contribution is -2.26. The molecular weight excluding hydrogens is 554 g/mol. The molecule has 5 aromatic carbocycles. The molecule has 0 aliphatic heterocycles. The summed E-state index contributed by atoms with van der Waals surface area (Å²) in [5.41, 5.74) is 6.58. The van der Waals surface area contributed by atoms with Crippen molar-refractivity contribution in [2.45, 2.75) is 6.42 Å². The molecule has 0 heterocycles. The van der Waals surface area contributed by atoms with Gasteiger partial charge in [0.05, 0.1) is 23.4 Å². The van der Waals surface area contributed by atoms with Crippen molar-refractivity contribution in [3.63, 3.8) is 0 Å². The van der Waals surface area contributed by atoms with Gasteiger partial charge in [0, 0.05) is 24.2 Å². The van der Waals surface area contributed by atoms with Crippen molar-refractivity contribution >= 4 is 50.6 Å².